The van der Waals surface area contributed by atoms with Gasteiger partial charge in [0, 0.05) is 17.8 Å². The van der Waals surface area contributed by atoms with Gasteiger partial charge in [0.05, 0.1) is 17.1 Å². The molecule has 0 amide bonds. The standard InChI is InChI=1S/C19H16N4O/c1-12-7-6-10-20-17(12)15-11-16(24)23-19(21-15)13(2)18(22-23)14-8-4-3-5-9-14/h3-11,22H,1-2H3. The zero-order valence-corrected chi connectivity index (χ0v) is 13.4. The Kier molecular flexibility index (Phi) is 3.27. The molecule has 0 unspecified atom stereocenters. The van der Waals surface area contributed by atoms with Crippen LogP contribution in [0.1, 0.15) is 11.1 Å². The molecular weight excluding hydrogens is 300 g/mol. The normalized spacial score (nSPS) is 11.1. The zero-order valence-electron chi connectivity index (χ0n) is 13.4. The molecule has 5 nitrogen and oxygen atoms in total. The van der Waals surface area contributed by atoms with Gasteiger partial charge in [-0.25, -0.2) is 9.50 Å². The largest absolute Gasteiger partial charge is 0.289 e. The molecule has 0 fully saturated rings. The molecule has 3 heterocycles. The van der Waals surface area contributed by atoms with Crippen LogP contribution in [-0.2, 0) is 0 Å². The molecule has 1 N–H and O–H groups in total. The van der Waals surface area contributed by atoms with E-state index in [-0.39, 0.29) is 5.56 Å². The van der Waals surface area contributed by atoms with Gasteiger partial charge in [-0.05, 0) is 31.0 Å². The first-order valence-corrected chi connectivity index (χ1v) is 7.75. The average molecular weight is 316 g/mol. The second-order valence-corrected chi connectivity index (χ2v) is 5.79. The molecule has 1 aromatic carbocycles. The van der Waals surface area contributed by atoms with E-state index in [1.165, 1.54) is 10.6 Å². The number of nitrogens with zero attached hydrogens (tertiary/aromatic N) is 3. The molecule has 0 bridgehead atoms. The van der Waals surface area contributed by atoms with Gasteiger partial charge in [-0.3, -0.25) is 14.9 Å². The molecule has 0 spiro atoms. The van der Waals surface area contributed by atoms with Crippen molar-refractivity contribution in [3.63, 3.8) is 0 Å². The third-order valence-electron chi connectivity index (χ3n) is 4.17. The molecule has 0 radical (unpaired) electrons. The molecule has 5 heteroatoms. The van der Waals surface area contributed by atoms with Gasteiger partial charge in [0.2, 0.25) is 0 Å². The number of hydrogen-bond acceptors (Lipinski definition) is 3. The van der Waals surface area contributed by atoms with E-state index in [1.54, 1.807) is 6.20 Å². The van der Waals surface area contributed by atoms with Crippen LogP contribution in [0.25, 0.3) is 28.3 Å². The summed E-state index contributed by atoms with van der Waals surface area (Å²) in [6.07, 6.45) is 1.71. The van der Waals surface area contributed by atoms with E-state index >= 15 is 0 Å². The predicted octanol–water partition coefficient (Wildman–Crippen LogP) is 3.37. The van der Waals surface area contributed by atoms with Crippen molar-refractivity contribution in [1.29, 1.82) is 0 Å². The quantitative estimate of drug-likeness (QED) is 0.617. The van der Waals surface area contributed by atoms with Crippen LogP contribution in [0, 0.1) is 13.8 Å². The van der Waals surface area contributed by atoms with E-state index in [9.17, 15) is 4.79 Å². The molecule has 4 aromatic rings. The summed E-state index contributed by atoms with van der Waals surface area (Å²) in [5, 5.41) is 3.16. The molecule has 0 atom stereocenters. The van der Waals surface area contributed by atoms with Gasteiger partial charge in [0.15, 0.2) is 5.65 Å². The molecule has 4 rings (SSSR count). The maximum atomic E-state index is 12.5. The molecule has 0 saturated heterocycles. The Bertz CT molecular complexity index is 1090. The lowest BCUT2D eigenvalue weighted by atomic mass is 10.1. The fraction of sp³-hybridized carbons (Fsp3) is 0.105. The molecule has 0 aliphatic rings. The maximum Gasteiger partial charge on any atom is 0.273 e. The second-order valence-electron chi connectivity index (χ2n) is 5.79. The van der Waals surface area contributed by atoms with Crippen molar-refractivity contribution in [2.45, 2.75) is 13.8 Å². The number of aryl methyl sites for hydroxylation is 2. The van der Waals surface area contributed by atoms with E-state index < -0.39 is 0 Å². The maximum absolute atomic E-state index is 12.5. The third-order valence-corrected chi connectivity index (χ3v) is 4.17. The number of benzene rings is 1. The molecule has 0 aliphatic carbocycles. The minimum Gasteiger partial charge on any atom is -0.289 e. The molecule has 0 aliphatic heterocycles. The van der Waals surface area contributed by atoms with Gasteiger partial charge in [0.1, 0.15) is 0 Å². The van der Waals surface area contributed by atoms with Crippen LogP contribution in [0.3, 0.4) is 0 Å². The minimum atomic E-state index is -0.148. The second kappa shape index (κ2) is 5.45. The predicted molar refractivity (Wildman–Crippen MR) is 94.0 cm³/mol. The molecular formula is C19H16N4O. The Labute approximate surface area is 138 Å². The highest BCUT2D eigenvalue weighted by Gasteiger charge is 2.15. The van der Waals surface area contributed by atoms with Crippen molar-refractivity contribution in [2.24, 2.45) is 0 Å². The lowest BCUT2D eigenvalue weighted by molar-refractivity contribution is 0.903. The Morgan fingerprint density at radius 2 is 1.83 bits per heavy atom. The highest BCUT2D eigenvalue weighted by molar-refractivity contribution is 5.71. The molecule has 3 aromatic heterocycles. The van der Waals surface area contributed by atoms with Gasteiger partial charge in [-0.2, -0.15) is 0 Å². The number of aromatic nitrogens is 4. The van der Waals surface area contributed by atoms with Crippen molar-refractivity contribution in [3.05, 3.63) is 76.2 Å². The smallest absolute Gasteiger partial charge is 0.273 e. The van der Waals surface area contributed by atoms with Gasteiger partial charge < -0.3 is 0 Å². The zero-order chi connectivity index (χ0) is 16.7. The summed E-state index contributed by atoms with van der Waals surface area (Å²) in [4.78, 5) is 21.6. The third kappa shape index (κ3) is 2.22. The van der Waals surface area contributed by atoms with Gasteiger partial charge in [0.25, 0.3) is 5.56 Å². The fourth-order valence-corrected chi connectivity index (χ4v) is 2.91. The number of rotatable bonds is 2. The van der Waals surface area contributed by atoms with Crippen molar-refractivity contribution >= 4 is 5.65 Å². The number of hydrogen-bond donors (Lipinski definition) is 1. The Morgan fingerprint density at radius 1 is 1.04 bits per heavy atom. The lowest BCUT2D eigenvalue weighted by Crippen LogP contribution is -2.14. The highest BCUT2D eigenvalue weighted by atomic mass is 16.1. The van der Waals surface area contributed by atoms with E-state index in [1.807, 2.05) is 56.3 Å². The van der Waals surface area contributed by atoms with Gasteiger partial charge in [-0.1, -0.05) is 36.4 Å². The summed E-state index contributed by atoms with van der Waals surface area (Å²) in [5.41, 5.74) is 5.66. The first-order chi connectivity index (χ1) is 11.6. The van der Waals surface area contributed by atoms with E-state index in [0.717, 1.165) is 28.1 Å². The number of H-pyrrole nitrogens is 1. The van der Waals surface area contributed by atoms with Crippen molar-refractivity contribution in [1.82, 2.24) is 19.6 Å². The van der Waals surface area contributed by atoms with Crippen LogP contribution in [0.2, 0.25) is 0 Å². The van der Waals surface area contributed by atoms with Crippen LogP contribution < -0.4 is 5.56 Å². The SMILES string of the molecule is Cc1cccnc1-c1cc(=O)n2[nH]c(-c3ccccc3)c(C)c2n1. The van der Waals surface area contributed by atoms with Crippen LogP contribution in [0.5, 0.6) is 0 Å². The summed E-state index contributed by atoms with van der Waals surface area (Å²) in [6.45, 7) is 3.93. The number of nitrogens with one attached hydrogen (secondary N) is 1. The van der Waals surface area contributed by atoms with Crippen LogP contribution >= 0.6 is 0 Å². The Hall–Kier alpha value is -3.21. The molecule has 0 saturated carbocycles. The fourth-order valence-electron chi connectivity index (χ4n) is 2.91. The minimum absolute atomic E-state index is 0.148. The summed E-state index contributed by atoms with van der Waals surface area (Å²) < 4.78 is 1.49. The lowest BCUT2D eigenvalue weighted by Gasteiger charge is -2.03. The first kappa shape index (κ1) is 14.4. The summed E-state index contributed by atoms with van der Waals surface area (Å²) in [6, 6.07) is 15.3. The van der Waals surface area contributed by atoms with Crippen molar-refractivity contribution < 1.29 is 0 Å². The topological polar surface area (TPSA) is 63.1 Å². The van der Waals surface area contributed by atoms with Crippen LogP contribution in [-0.4, -0.2) is 19.6 Å². The number of fused-ring (bicyclic) bond motifs is 1. The van der Waals surface area contributed by atoms with E-state index in [0.29, 0.717) is 11.3 Å². The monoisotopic (exact) mass is 316 g/mol. The van der Waals surface area contributed by atoms with Crippen molar-refractivity contribution in [2.75, 3.05) is 0 Å². The number of pyridine rings is 1. The Morgan fingerprint density at radius 3 is 2.58 bits per heavy atom. The van der Waals surface area contributed by atoms with Gasteiger partial charge in [-0.15, -0.1) is 0 Å². The summed E-state index contributed by atoms with van der Waals surface area (Å²) in [5.74, 6) is 0. The summed E-state index contributed by atoms with van der Waals surface area (Å²) in [7, 11) is 0. The van der Waals surface area contributed by atoms with Gasteiger partial charge >= 0.3 is 0 Å². The average Bonchev–Trinajstić information content (AvgIpc) is 2.94. The first-order valence-electron chi connectivity index (χ1n) is 7.75. The van der Waals surface area contributed by atoms with Crippen LogP contribution in [0.15, 0.2) is 59.5 Å². The highest BCUT2D eigenvalue weighted by Crippen LogP contribution is 2.25. The van der Waals surface area contributed by atoms with Crippen molar-refractivity contribution in [3.8, 4) is 22.6 Å². The Balaban J connectivity index is 1.98. The van der Waals surface area contributed by atoms with E-state index in [4.69, 9.17) is 0 Å². The van der Waals surface area contributed by atoms with Crippen LogP contribution in [0.4, 0.5) is 0 Å². The number of aromatic amines is 1. The molecule has 24 heavy (non-hydrogen) atoms. The van der Waals surface area contributed by atoms with E-state index in [2.05, 4.69) is 15.1 Å². The molecule has 118 valence electrons. The summed E-state index contributed by atoms with van der Waals surface area (Å²) >= 11 is 0.